The summed E-state index contributed by atoms with van der Waals surface area (Å²) in [5, 5.41) is 2.82. The number of nitrogens with one attached hydrogen (secondary N) is 1. The minimum Gasteiger partial charge on any atom is -0.496 e. The summed E-state index contributed by atoms with van der Waals surface area (Å²) in [6.45, 7) is 0.572. The maximum atomic E-state index is 12.7. The van der Waals surface area contributed by atoms with Crippen LogP contribution >= 0.6 is 0 Å². The number of ether oxygens (including phenoxy) is 1. The average molecular weight is 213 g/mol. The lowest BCUT2D eigenvalue weighted by Gasteiger charge is -2.27. The quantitative estimate of drug-likeness (QED) is 0.812. The Kier molecular flexibility index (Phi) is 2.86. The maximum Gasteiger partial charge on any atom is 0.257 e. The Morgan fingerprint density at radius 3 is 2.93 bits per heavy atom. The van der Waals surface area contributed by atoms with Gasteiger partial charge in [0, 0.05) is 12.1 Å². The van der Waals surface area contributed by atoms with E-state index in [1.807, 2.05) is 6.07 Å². The van der Waals surface area contributed by atoms with Crippen LogP contribution in [-0.2, 0) is 6.42 Å². The van der Waals surface area contributed by atoms with Crippen molar-refractivity contribution < 1.29 is 13.5 Å². The molecule has 0 saturated heterocycles. The van der Waals surface area contributed by atoms with Crippen LogP contribution in [0.15, 0.2) is 18.2 Å². The largest absolute Gasteiger partial charge is 0.496 e. The van der Waals surface area contributed by atoms with Gasteiger partial charge in [-0.3, -0.25) is 0 Å². The van der Waals surface area contributed by atoms with Crippen LogP contribution in [0.3, 0.4) is 0 Å². The molecule has 0 radical (unpaired) electrons. The fraction of sp³-hybridized carbons (Fsp3) is 0.455. The van der Waals surface area contributed by atoms with Crippen LogP contribution in [0.4, 0.5) is 8.78 Å². The van der Waals surface area contributed by atoms with Gasteiger partial charge in [0.1, 0.15) is 5.75 Å². The molecule has 1 aromatic rings. The summed E-state index contributed by atoms with van der Waals surface area (Å²) in [7, 11) is 1.56. The normalized spacial score (nSPS) is 20.1. The molecule has 0 fully saturated rings. The number of alkyl halides is 2. The van der Waals surface area contributed by atoms with Crippen molar-refractivity contribution in [1.29, 1.82) is 0 Å². The van der Waals surface area contributed by atoms with Gasteiger partial charge in [-0.05, 0) is 18.1 Å². The molecular formula is C11H13F2NO. The lowest BCUT2D eigenvalue weighted by Crippen LogP contribution is -2.34. The van der Waals surface area contributed by atoms with Crippen LogP contribution < -0.4 is 10.1 Å². The van der Waals surface area contributed by atoms with Crippen molar-refractivity contribution in [3.63, 3.8) is 0 Å². The third-order valence-corrected chi connectivity index (χ3v) is 2.72. The maximum absolute atomic E-state index is 12.7. The van der Waals surface area contributed by atoms with Gasteiger partial charge in [-0.25, -0.2) is 8.78 Å². The van der Waals surface area contributed by atoms with E-state index in [2.05, 4.69) is 5.32 Å². The summed E-state index contributed by atoms with van der Waals surface area (Å²) in [5.74, 6) is 0.708. The van der Waals surface area contributed by atoms with Gasteiger partial charge in [-0.1, -0.05) is 12.1 Å². The topological polar surface area (TPSA) is 21.3 Å². The van der Waals surface area contributed by atoms with Gasteiger partial charge in [0.05, 0.1) is 13.2 Å². The van der Waals surface area contributed by atoms with Gasteiger partial charge in [0.15, 0.2) is 0 Å². The van der Waals surface area contributed by atoms with Gasteiger partial charge in [-0.15, -0.1) is 0 Å². The number of rotatable bonds is 2. The monoisotopic (exact) mass is 213 g/mol. The van der Waals surface area contributed by atoms with Gasteiger partial charge >= 0.3 is 0 Å². The van der Waals surface area contributed by atoms with E-state index in [4.69, 9.17) is 4.74 Å². The number of halogens is 2. The molecule has 1 N–H and O–H groups in total. The highest BCUT2D eigenvalue weighted by Gasteiger charge is 2.28. The zero-order valence-corrected chi connectivity index (χ0v) is 8.47. The Morgan fingerprint density at radius 2 is 2.27 bits per heavy atom. The molecule has 0 amide bonds. The molecule has 0 aromatic heterocycles. The Balaban J connectivity index is 2.44. The van der Waals surface area contributed by atoms with Crippen molar-refractivity contribution >= 4 is 0 Å². The van der Waals surface area contributed by atoms with E-state index < -0.39 is 12.5 Å². The molecule has 0 saturated carbocycles. The molecule has 2 nitrogen and oxygen atoms in total. The summed E-state index contributed by atoms with van der Waals surface area (Å²) in [6, 6.07) is 4.44. The fourth-order valence-corrected chi connectivity index (χ4v) is 2.02. The van der Waals surface area contributed by atoms with E-state index in [9.17, 15) is 8.78 Å². The zero-order valence-electron chi connectivity index (χ0n) is 8.47. The molecular weight excluding hydrogens is 200 g/mol. The number of benzene rings is 1. The molecule has 82 valence electrons. The second-order valence-corrected chi connectivity index (χ2v) is 3.54. The second kappa shape index (κ2) is 4.14. The predicted octanol–water partition coefficient (Wildman–Crippen LogP) is 2.15. The zero-order chi connectivity index (χ0) is 10.8. The van der Waals surface area contributed by atoms with Crippen LogP contribution in [0.2, 0.25) is 0 Å². The molecule has 4 heteroatoms. The first-order valence-corrected chi connectivity index (χ1v) is 4.91. The second-order valence-electron chi connectivity index (χ2n) is 3.54. The minimum absolute atomic E-state index is 0.572. The molecule has 1 unspecified atom stereocenters. The number of fused-ring (bicyclic) bond motifs is 1. The number of hydrogen-bond acceptors (Lipinski definition) is 2. The van der Waals surface area contributed by atoms with Crippen LogP contribution in [0.5, 0.6) is 5.75 Å². The highest BCUT2D eigenvalue weighted by atomic mass is 19.3. The van der Waals surface area contributed by atoms with Crippen LogP contribution in [0.25, 0.3) is 0 Å². The highest BCUT2D eigenvalue weighted by Crippen LogP contribution is 2.32. The van der Waals surface area contributed by atoms with Gasteiger partial charge in [0.25, 0.3) is 6.43 Å². The van der Waals surface area contributed by atoms with Crippen LogP contribution in [0, 0.1) is 0 Å². The van der Waals surface area contributed by atoms with E-state index in [-0.39, 0.29) is 0 Å². The lowest BCUT2D eigenvalue weighted by atomic mass is 9.94. The van der Waals surface area contributed by atoms with Crippen LogP contribution in [-0.4, -0.2) is 20.1 Å². The fourth-order valence-electron chi connectivity index (χ4n) is 2.02. The molecule has 0 aliphatic carbocycles. The van der Waals surface area contributed by atoms with Crippen molar-refractivity contribution in [2.24, 2.45) is 0 Å². The molecule has 1 heterocycles. The van der Waals surface area contributed by atoms with Crippen molar-refractivity contribution in [3.8, 4) is 5.75 Å². The molecule has 0 bridgehead atoms. The molecule has 0 spiro atoms. The third kappa shape index (κ3) is 1.81. The Labute approximate surface area is 87.2 Å². The first-order valence-electron chi connectivity index (χ1n) is 4.91. The standard InChI is InChI=1S/C11H13F2NO/c1-15-9-4-2-3-8-7(9)5-6-14-10(8)11(12)13/h2-4,10-11,14H,5-6H2,1H3. The molecule has 15 heavy (non-hydrogen) atoms. The molecule has 1 aromatic carbocycles. The summed E-state index contributed by atoms with van der Waals surface area (Å²) in [4.78, 5) is 0. The Bertz CT molecular complexity index is 354. The predicted molar refractivity (Wildman–Crippen MR) is 53.4 cm³/mol. The van der Waals surface area contributed by atoms with Gasteiger partial charge in [-0.2, -0.15) is 0 Å². The van der Waals surface area contributed by atoms with E-state index >= 15 is 0 Å². The molecule has 1 atom stereocenters. The van der Waals surface area contributed by atoms with Gasteiger partial charge < -0.3 is 10.1 Å². The molecule has 1 aliphatic heterocycles. The first kappa shape index (κ1) is 10.4. The van der Waals surface area contributed by atoms with Crippen molar-refractivity contribution in [2.75, 3.05) is 13.7 Å². The molecule has 1 aliphatic rings. The van der Waals surface area contributed by atoms with Crippen molar-refractivity contribution in [2.45, 2.75) is 18.9 Å². The van der Waals surface area contributed by atoms with E-state index in [1.165, 1.54) is 0 Å². The van der Waals surface area contributed by atoms with E-state index in [0.29, 0.717) is 17.9 Å². The lowest BCUT2D eigenvalue weighted by molar-refractivity contribution is 0.0951. The average Bonchev–Trinajstić information content (AvgIpc) is 2.27. The number of hydrogen-bond donors (Lipinski definition) is 1. The summed E-state index contributed by atoms with van der Waals surface area (Å²) in [6.07, 6.45) is -1.64. The minimum atomic E-state index is -2.38. The Hall–Kier alpha value is -1.16. The van der Waals surface area contributed by atoms with Crippen LogP contribution in [0.1, 0.15) is 17.2 Å². The van der Waals surface area contributed by atoms with E-state index in [0.717, 1.165) is 12.0 Å². The summed E-state index contributed by atoms with van der Waals surface area (Å²) in [5.41, 5.74) is 1.57. The van der Waals surface area contributed by atoms with E-state index in [1.54, 1.807) is 19.2 Å². The Morgan fingerprint density at radius 1 is 1.47 bits per heavy atom. The smallest absolute Gasteiger partial charge is 0.257 e. The summed E-state index contributed by atoms with van der Waals surface area (Å²) < 4.78 is 30.6. The highest BCUT2D eigenvalue weighted by molar-refractivity contribution is 5.43. The van der Waals surface area contributed by atoms with Crippen molar-refractivity contribution in [1.82, 2.24) is 5.32 Å². The first-order chi connectivity index (χ1) is 7.24. The third-order valence-electron chi connectivity index (χ3n) is 2.72. The van der Waals surface area contributed by atoms with Crippen molar-refractivity contribution in [3.05, 3.63) is 29.3 Å². The van der Waals surface area contributed by atoms with Gasteiger partial charge in [0.2, 0.25) is 0 Å². The number of methoxy groups -OCH3 is 1. The SMILES string of the molecule is COc1cccc2c1CCNC2C(F)F. The molecule has 2 rings (SSSR count). The summed E-state index contributed by atoms with van der Waals surface area (Å²) >= 11 is 0.